The van der Waals surface area contributed by atoms with Crippen LogP contribution in [0, 0.1) is 0 Å². The van der Waals surface area contributed by atoms with E-state index in [0.717, 1.165) is 16.8 Å². The summed E-state index contributed by atoms with van der Waals surface area (Å²) in [6.07, 6.45) is 1.72. The smallest absolute Gasteiger partial charge is 0.161 e. The predicted octanol–water partition coefficient (Wildman–Crippen LogP) is 2.62. The number of aromatic nitrogens is 1. The van der Waals surface area contributed by atoms with Gasteiger partial charge in [0.05, 0.1) is 26.0 Å². The SMILES string of the molecule is CNC(C(C)=O)c1ccc(-c2ccc(OC)c(OC)c2)nc1. The van der Waals surface area contributed by atoms with Crippen LogP contribution in [0.3, 0.4) is 0 Å². The summed E-state index contributed by atoms with van der Waals surface area (Å²) in [6, 6.07) is 9.11. The minimum absolute atomic E-state index is 0.0585. The summed E-state index contributed by atoms with van der Waals surface area (Å²) in [7, 11) is 4.96. The fourth-order valence-electron chi connectivity index (χ4n) is 2.35. The lowest BCUT2D eigenvalue weighted by Crippen LogP contribution is -2.23. The van der Waals surface area contributed by atoms with Gasteiger partial charge in [0.15, 0.2) is 17.3 Å². The molecular weight excluding hydrogens is 280 g/mol. The van der Waals surface area contributed by atoms with E-state index >= 15 is 0 Å². The third-order valence-corrected chi connectivity index (χ3v) is 3.49. The first-order chi connectivity index (χ1) is 10.6. The molecule has 1 atom stereocenters. The number of hydrogen-bond acceptors (Lipinski definition) is 5. The lowest BCUT2D eigenvalue weighted by atomic mass is 10.0. The summed E-state index contributed by atoms with van der Waals surface area (Å²) >= 11 is 0. The van der Waals surface area contributed by atoms with Crippen molar-refractivity contribution < 1.29 is 14.3 Å². The highest BCUT2D eigenvalue weighted by molar-refractivity contribution is 5.82. The number of likely N-dealkylation sites (N-methyl/N-ethyl adjacent to an activating group) is 1. The Kier molecular flexibility index (Phi) is 5.12. The molecule has 1 heterocycles. The normalized spacial score (nSPS) is 11.8. The van der Waals surface area contributed by atoms with Gasteiger partial charge in [-0.3, -0.25) is 9.78 Å². The molecule has 0 amide bonds. The second kappa shape index (κ2) is 7.04. The van der Waals surface area contributed by atoms with Crippen LogP contribution in [0.1, 0.15) is 18.5 Å². The minimum atomic E-state index is -0.327. The topological polar surface area (TPSA) is 60.5 Å². The van der Waals surface area contributed by atoms with Crippen molar-refractivity contribution in [3.63, 3.8) is 0 Å². The van der Waals surface area contributed by atoms with Gasteiger partial charge in [0, 0.05) is 11.8 Å². The Labute approximate surface area is 130 Å². The molecule has 0 radical (unpaired) electrons. The first-order valence-corrected chi connectivity index (χ1v) is 6.96. The fourth-order valence-corrected chi connectivity index (χ4v) is 2.35. The Morgan fingerprint density at radius 2 is 1.86 bits per heavy atom. The maximum atomic E-state index is 11.6. The highest BCUT2D eigenvalue weighted by Gasteiger charge is 2.15. The van der Waals surface area contributed by atoms with E-state index in [-0.39, 0.29) is 11.8 Å². The number of nitrogens with one attached hydrogen (secondary N) is 1. The van der Waals surface area contributed by atoms with Gasteiger partial charge in [-0.15, -0.1) is 0 Å². The molecule has 0 saturated heterocycles. The first kappa shape index (κ1) is 16.0. The van der Waals surface area contributed by atoms with Crippen molar-refractivity contribution in [1.29, 1.82) is 0 Å². The van der Waals surface area contributed by atoms with Gasteiger partial charge < -0.3 is 14.8 Å². The molecule has 1 unspecified atom stereocenters. The maximum absolute atomic E-state index is 11.6. The molecule has 1 aromatic carbocycles. The van der Waals surface area contributed by atoms with Gasteiger partial charge in [0.1, 0.15) is 0 Å². The van der Waals surface area contributed by atoms with Gasteiger partial charge in [0.2, 0.25) is 0 Å². The molecule has 0 aliphatic heterocycles. The standard InChI is InChI=1S/C17H20N2O3/c1-11(20)17(18-2)13-5-7-14(19-10-13)12-6-8-15(21-3)16(9-12)22-4/h5-10,17-18H,1-4H3. The number of carbonyl (C=O) groups excluding carboxylic acids is 1. The zero-order valence-corrected chi connectivity index (χ0v) is 13.2. The third-order valence-electron chi connectivity index (χ3n) is 3.49. The summed E-state index contributed by atoms with van der Waals surface area (Å²) in [4.78, 5) is 16.0. The van der Waals surface area contributed by atoms with Crippen LogP contribution in [0.2, 0.25) is 0 Å². The lowest BCUT2D eigenvalue weighted by Gasteiger charge is -2.13. The average molecular weight is 300 g/mol. The summed E-state index contributed by atoms with van der Waals surface area (Å²) in [5.41, 5.74) is 2.58. The van der Waals surface area contributed by atoms with Crippen LogP contribution in [0.4, 0.5) is 0 Å². The average Bonchev–Trinajstić information content (AvgIpc) is 2.55. The van der Waals surface area contributed by atoms with Crippen LogP contribution in [-0.4, -0.2) is 32.0 Å². The molecule has 5 nitrogen and oxygen atoms in total. The van der Waals surface area contributed by atoms with Crippen LogP contribution in [0.5, 0.6) is 11.5 Å². The summed E-state index contributed by atoms with van der Waals surface area (Å²) < 4.78 is 10.5. The largest absolute Gasteiger partial charge is 0.493 e. The van der Waals surface area contributed by atoms with Crippen LogP contribution < -0.4 is 14.8 Å². The van der Waals surface area contributed by atoms with Gasteiger partial charge in [-0.25, -0.2) is 0 Å². The fraction of sp³-hybridized carbons (Fsp3) is 0.294. The number of Topliss-reactive ketones (excluding diaryl/α,β-unsaturated/α-hetero) is 1. The molecule has 2 aromatic rings. The van der Waals surface area contributed by atoms with Crippen LogP contribution >= 0.6 is 0 Å². The molecular formula is C17H20N2O3. The second-order valence-corrected chi connectivity index (χ2v) is 4.88. The van der Waals surface area contributed by atoms with Gasteiger partial charge >= 0.3 is 0 Å². The van der Waals surface area contributed by atoms with Crippen molar-refractivity contribution in [2.75, 3.05) is 21.3 Å². The Bertz CT molecular complexity index is 653. The van der Waals surface area contributed by atoms with E-state index < -0.39 is 0 Å². The number of benzene rings is 1. The van der Waals surface area contributed by atoms with E-state index in [4.69, 9.17) is 9.47 Å². The molecule has 0 aliphatic carbocycles. The van der Waals surface area contributed by atoms with E-state index in [0.29, 0.717) is 11.5 Å². The molecule has 1 N–H and O–H groups in total. The Hall–Kier alpha value is -2.40. The van der Waals surface area contributed by atoms with E-state index in [1.807, 2.05) is 30.3 Å². The molecule has 5 heteroatoms. The number of ketones is 1. The molecule has 2 rings (SSSR count). The first-order valence-electron chi connectivity index (χ1n) is 6.96. The zero-order valence-electron chi connectivity index (χ0n) is 13.2. The van der Waals surface area contributed by atoms with Crippen molar-refractivity contribution in [2.24, 2.45) is 0 Å². The van der Waals surface area contributed by atoms with Crippen LogP contribution in [0.15, 0.2) is 36.5 Å². The monoisotopic (exact) mass is 300 g/mol. The van der Waals surface area contributed by atoms with Gasteiger partial charge in [-0.05, 0) is 43.8 Å². The molecule has 1 aromatic heterocycles. The van der Waals surface area contributed by atoms with Gasteiger partial charge in [0.25, 0.3) is 0 Å². The molecule has 0 saturated carbocycles. The molecule has 22 heavy (non-hydrogen) atoms. The molecule has 0 bridgehead atoms. The Balaban J connectivity index is 2.32. The van der Waals surface area contributed by atoms with E-state index in [1.165, 1.54) is 0 Å². The van der Waals surface area contributed by atoms with Crippen molar-refractivity contribution in [3.8, 4) is 22.8 Å². The Morgan fingerprint density at radius 3 is 2.36 bits per heavy atom. The summed E-state index contributed by atoms with van der Waals surface area (Å²) in [5.74, 6) is 1.39. The van der Waals surface area contributed by atoms with Crippen LogP contribution in [-0.2, 0) is 4.79 Å². The number of ether oxygens (including phenoxy) is 2. The molecule has 0 spiro atoms. The molecule has 116 valence electrons. The van der Waals surface area contributed by atoms with Crippen molar-refractivity contribution in [2.45, 2.75) is 13.0 Å². The predicted molar refractivity (Wildman–Crippen MR) is 85.3 cm³/mol. The highest BCUT2D eigenvalue weighted by Crippen LogP contribution is 2.31. The maximum Gasteiger partial charge on any atom is 0.161 e. The summed E-state index contributed by atoms with van der Waals surface area (Å²) in [5, 5.41) is 2.98. The quantitative estimate of drug-likeness (QED) is 0.888. The van der Waals surface area contributed by atoms with Crippen molar-refractivity contribution in [1.82, 2.24) is 10.3 Å². The van der Waals surface area contributed by atoms with Gasteiger partial charge in [-0.2, -0.15) is 0 Å². The molecule has 0 fully saturated rings. The second-order valence-electron chi connectivity index (χ2n) is 4.88. The van der Waals surface area contributed by atoms with Gasteiger partial charge in [-0.1, -0.05) is 6.07 Å². The zero-order chi connectivity index (χ0) is 16.1. The minimum Gasteiger partial charge on any atom is -0.493 e. The summed E-state index contributed by atoms with van der Waals surface area (Å²) in [6.45, 7) is 1.56. The van der Waals surface area contributed by atoms with E-state index in [2.05, 4.69) is 10.3 Å². The number of pyridine rings is 1. The Morgan fingerprint density at radius 1 is 1.14 bits per heavy atom. The number of nitrogens with zero attached hydrogens (tertiary/aromatic N) is 1. The third kappa shape index (κ3) is 3.26. The molecule has 0 aliphatic rings. The van der Waals surface area contributed by atoms with Crippen molar-refractivity contribution >= 4 is 5.78 Å². The lowest BCUT2D eigenvalue weighted by molar-refractivity contribution is -0.119. The van der Waals surface area contributed by atoms with E-state index in [9.17, 15) is 4.79 Å². The number of methoxy groups -OCH3 is 2. The van der Waals surface area contributed by atoms with Crippen molar-refractivity contribution in [3.05, 3.63) is 42.1 Å². The number of rotatable bonds is 6. The highest BCUT2D eigenvalue weighted by atomic mass is 16.5. The number of hydrogen-bond donors (Lipinski definition) is 1. The van der Waals surface area contributed by atoms with E-state index in [1.54, 1.807) is 34.4 Å². The van der Waals surface area contributed by atoms with Crippen LogP contribution in [0.25, 0.3) is 11.3 Å². The number of carbonyl (C=O) groups is 1.